The molecule has 1 aliphatic heterocycles. The normalized spacial score (nSPS) is 17.9. The second-order valence-electron chi connectivity index (χ2n) is 6.45. The molecule has 1 atom stereocenters. The molecule has 0 radical (unpaired) electrons. The summed E-state index contributed by atoms with van der Waals surface area (Å²) in [5.74, 6) is 1.27. The summed E-state index contributed by atoms with van der Waals surface area (Å²) < 4.78 is 12.0. The SMILES string of the molecule is CN1CCC(Oc2ccc(C(N)=O)c3ccccc23)c2ccoc2C1. The number of carbonyl (C=O) groups is 1. The zero-order valence-corrected chi connectivity index (χ0v) is 14.1. The van der Waals surface area contributed by atoms with Crippen LogP contribution in [0, 0.1) is 0 Å². The minimum absolute atomic E-state index is 0.0819. The monoisotopic (exact) mass is 336 g/mol. The molecule has 0 aliphatic carbocycles. The largest absolute Gasteiger partial charge is 0.485 e. The van der Waals surface area contributed by atoms with E-state index in [1.807, 2.05) is 36.4 Å². The van der Waals surface area contributed by atoms with Crippen LogP contribution in [0.1, 0.15) is 34.2 Å². The number of fused-ring (bicyclic) bond motifs is 2. The van der Waals surface area contributed by atoms with Crippen molar-refractivity contribution in [3.05, 3.63) is 65.6 Å². The van der Waals surface area contributed by atoms with Crippen molar-refractivity contribution >= 4 is 16.7 Å². The third kappa shape index (κ3) is 2.87. The fourth-order valence-corrected chi connectivity index (χ4v) is 3.45. The third-order valence-electron chi connectivity index (χ3n) is 4.73. The van der Waals surface area contributed by atoms with E-state index in [1.54, 1.807) is 12.3 Å². The van der Waals surface area contributed by atoms with E-state index in [2.05, 4.69) is 11.9 Å². The van der Waals surface area contributed by atoms with Crippen LogP contribution < -0.4 is 10.5 Å². The summed E-state index contributed by atoms with van der Waals surface area (Å²) >= 11 is 0. The molecule has 1 aromatic heterocycles. The van der Waals surface area contributed by atoms with Crippen molar-refractivity contribution in [2.24, 2.45) is 5.73 Å². The van der Waals surface area contributed by atoms with Gasteiger partial charge in [-0.15, -0.1) is 0 Å². The minimum Gasteiger partial charge on any atom is -0.485 e. The van der Waals surface area contributed by atoms with E-state index >= 15 is 0 Å². The number of benzene rings is 2. The molecule has 5 heteroatoms. The zero-order valence-electron chi connectivity index (χ0n) is 14.1. The lowest BCUT2D eigenvalue weighted by molar-refractivity contribution is 0.100. The number of nitrogens with two attached hydrogens (primary N) is 1. The summed E-state index contributed by atoms with van der Waals surface area (Å²) in [6, 6.07) is 13.2. The van der Waals surface area contributed by atoms with Crippen molar-refractivity contribution < 1.29 is 13.9 Å². The fraction of sp³-hybridized carbons (Fsp3) is 0.250. The first-order valence-electron chi connectivity index (χ1n) is 8.36. The maximum Gasteiger partial charge on any atom is 0.249 e. The number of ether oxygens (including phenoxy) is 1. The van der Waals surface area contributed by atoms with Gasteiger partial charge in [-0.25, -0.2) is 0 Å². The van der Waals surface area contributed by atoms with Gasteiger partial charge in [0, 0.05) is 29.5 Å². The Hall–Kier alpha value is -2.79. The van der Waals surface area contributed by atoms with Crippen molar-refractivity contribution in [1.82, 2.24) is 4.90 Å². The summed E-state index contributed by atoms with van der Waals surface area (Å²) in [4.78, 5) is 13.9. The van der Waals surface area contributed by atoms with Gasteiger partial charge < -0.3 is 14.9 Å². The number of rotatable bonds is 3. The van der Waals surface area contributed by atoms with Crippen LogP contribution >= 0.6 is 0 Å². The quantitative estimate of drug-likeness (QED) is 0.795. The Balaban J connectivity index is 1.75. The van der Waals surface area contributed by atoms with Crippen LogP contribution in [0.2, 0.25) is 0 Å². The second-order valence-corrected chi connectivity index (χ2v) is 6.45. The summed E-state index contributed by atoms with van der Waals surface area (Å²) in [6.45, 7) is 1.70. The summed E-state index contributed by atoms with van der Waals surface area (Å²) in [5, 5.41) is 1.70. The number of hydrogen-bond donors (Lipinski definition) is 1. The predicted octanol–water partition coefficient (Wildman–Crippen LogP) is 3.49. The Kier molecular flexibility index (Phi) is 3.93. The van der Waals surface area contributed by atoms with E-state index < -0.39 is 5.91 Å². The molecule has 1 aliphatic rings. The molecule has 0 spiro atoms. The summed E-state index contributed by atoms with van der Waals surface area (Å²) in [5.41, 5.74) is 7.10. The topological polar surface area (TPSA) is 68.7 Å². The smallest absolute Gasteiger partial charge is 0.249 e. The molecule has 1 amide bonds. The lowest BCUT2D eigenvalue weighted by Crippen LogP contribution is -2.18. The molecular weight excluding hydrogens is 316 g/mol. The number of hydrogen-bond acceptors (Lipinski definition) is 4. The summed E-state index contributed by atoms with van der Waals surface area (Å²) in [6.07, 6.45) is 2.50. The van der Waals surface area contributed by atoms with Crippen molar-refractivity contribution in [2.45, 2.75) is 19.1 Å². The standard InChI is InChI=1S/C20H20N2O3/c1-22-10-8-18(16-9-11-24-19(16)12-22)25-17-7-6-15(20(21)23)13-4-2-3-5-14(13)17/h2-7,9,11,18H,8,10,12H2,1H3,(H2,21,23). The summed E-state index contributed by atoms with van der Waals surface area (Å²) in [7, 11) is 2.08. The number of nitrogens with zero attached hydrogens (tertiary/aromatic N) is 1. The van der Waals surface area contributed by atoms with Crippen molar-refractivity contribution in [2.75, 3.05) is 13.6 Å². The van der Waals surface area contributed by atoms with Crippen molar-refractivity contribution in [3.63, 3.8) is 0 Å². The molecule has 1 unspecified atom stereocenters. The van der Waals surface area contributed by atoms with Gasteiger partial charge >= 0.3 is 0 Å². The highest BCUT2D eigenvalue weighted by molar-refractivity contribution is 6.07. The van der Waals surface area contributed by atoms with Gasteiger partial charge in [-0.3, -0.25) is 9.69 Å². The lowest BCUT2D eigenvalue weighted by atomic mass is 10.0. The van der Waals surface area contributed by atoms with E-state index in [0.717, 1.165) is 47.4 Å². The number of primary amides is 1. The lowest BCUT2D eigenvalue weighted by Gasteiger charge is -2.19. The molecule has 2 N–H and O–H groups in total. The molecule has 128 valence electrons. The van der Waals surface area contributed by atoms with E-state index in [4.69, 9.17) is 14.9 Å². The Morgan fingerprint density at radius 1 is 1.20 bits per heavy atom. The highest BCUT2D eigenvalue weighted by Crippen LogP contribution is 2.35. The molecule has 5 nitrogen and oxygen atoms in total. The Bertz CT molecular complexity index is 932. The highest BCUT2D eigenvalue weighted by Gasteiger charge is 2.25. The molecule has 3 aromatic rings. The Labute approximate surface area is 146 Å². The van der Waals surface area contributed by atoms with E-state index in [0.29, 0.717) is 5.56 Å². The van der Waals surface area contributed by atoms with E-state index in [1.165, 1.54) is 0 Å². The van der Waals surface area contributed by atoms with Gasteiger partial charge in [0.25, 0.3) is 0 Å². The second kappa shape index (κ2) is 6.26. The molecule has 0 saturated heterocycles. The number of furan rings is 1. The zero-order chi connectivity index (χ0) is 17.4. The van der Waals surface area contributed by atoms with Crippen LogP contribution in [0.3, 0.4) is 0 Å². The molecule has 4 rings (SSSR count). The van der Waals surface area contributed by atoms with Crippen LogP contribution in [0.4, 0.5) is 0 Å². The maximum absolute atomic E-state index is 11.7. The highest BCUT2D eigenvalue weighted by atomic mass is 16.5. The number of amides is 1. The molecular formula is C20H20N2O3. The van der Waals surface area contributed by atoms with Crippen molar-refractivity contribution in [1.29, 1.82) is 0 Å². The first-order chi connectivity index (χ1) is 12.1. The molecule has 2 heterocycles. The van der Waals surface area contributed by atoms with Gasteiger partial charge in [0.15, 0.2) is 0 Å². The molecule has 2 aromatic carbocycles. The molecule has 0 bridgehead atoms. The van der Waals surface area contributed by atoms with Crippen LogP contribution in [0.25, 0.3) is 10.8 Å². The fourth-order valence-electron chi connectivity index (χ4n) is 3.45. The van der Waals surface area contributed by atoms with Gasteiger partial charge in [0.1, 0.15) is 17.6 Å². The van der Waals surface area contributed by atoms with Gasteiger partial charge in [-0.1, -0.05) is 24.3 Å². The minimum atomic E-state index is -0.434. The average Bonchev–Trinajstić information content (AvgIpc) is 3.00. The average molecular weight is 336 g/mol. The molecule has 0 fully saturated rings. The van der Waals surface area contributed by atoms with Crippen LogP contribution in [0.15, 0.2) is 53.1 Å². The third-order valence-corrected chi connectivity index (χ3v) is 4.73. The van der Waals surface area contributed by atoms with Gasteiger partial charge in [0.05, 0.1) is 12.8 Å². The van der Waals surface area contributed by atoms with Crippen LogP contribution in [-0.4, -0.2) is 24.4 Å². The van der Waals surface area contributed by atoms with E-state index in [-0.39, 0.29) is 6.10 Å². The first-order valence-corrected chi connectivity index (χ1v) is 8.36. The maximum atomic E-state index is 11.7. The van der Waals surface area contributed by atoms with Gasteiger partial charge in [-0.2, -0.15) is 0 Å². The Morgan fingerprint density at radius 3 is 2.80 bits per heavy atom. The van der Waals surface area contributed by atoms with Crippen molar-refractivity contribution in [3.8, 4) is 5.75 Å². The van der Waals surface area contributed by atoms with Crippen LogP contribution in [0.5, 0.6) is 5.75 Å². The Morgan fingerprint density at radius 2 is 2.00 bits per heavy atom. The van der Waals surface area contributed by atoms with Crippen LogP contribution in [-0.2, 0) is 6.54 Å². The first kappa shape index (κ1) is 15.7. The number of carbonyl (C=O) groups excluding carboxylic acids is 1. The van der Waals surface area contributed by atoms with Gasteiger partial charge in [0.2, 0.25) is 5.91 Å². The predicted molar refractivity (Wildman–Crippen MR) is 95.5 cm³/mol. The molecule has 25 heavy (non-hydrogen) atoms. The van der Waals surface area contributed by atoms with E-state index in [9.17, 15) is 4.79 Å². The molecule has 0 saturated carbocycles. The van der Waals surface area contributed by atoms with Gasteiger partial charge in [-0.05, 0) is 30.6 Å².